The minimum atomic E-state index is -3.54. The van der Waals surface area contributed by atoms with Gasteiger partial charge in [-0.3, -0.25) is 8.37 Å². The predicted octanol–water partition coefficient (Wildman–Crippen LogP) is 0.742. The summed E-state index contributed by atoms with van der Waals surface area (Å²) < 4.78 is 56.0. The first-order chi connectivity index (χ1) is 9.14. The molecule has 0 spiro atoms. The van der Waals surface area contributed by atoms with Crippen LogP contribution in [0.4, 0.5) is 0 Å². The SMILES string of the molecule is CS(=O)(=O)O[C@@H]1CC2CCC3C[C@@H](OS(C)(=O)=O)C1C23. The molecule has 3 saturated carbocycles. The van der Waals surface area contributed by atoms with Gasteiger partial charge in [-0.1, -0.05) is 0 Å². The third-order valence-electron chi connectivity index (χ3n) is 4.97. The average molecular weight is 324 g/mol. The van der Waals surface area contributed by atoms with Crippen LogP contribution in [-0.2, 0) is 28.6 Å². The smallest absolute Gasteiger partial charge is 0.264 e. The summed E-state index contributed by atoms with van der Waals surface area (Å²) >= 11 is 0. The molecule has 0 radical (unpaired) electrons. The molecule has 8 heteroatoms. The molecule has 6 nitrogen and oxygen atoms in total. The van der Waals surface area contributed by atoms with E-state index in [9.17, 15) is 16.8 Å². The number of hydrogen-bond acceptors (Lipinski definition) is 6. The number of rotatable bonds is 4. The molecule has 4 atom stereocenters. The van der Waals surface area contributed by atoms with Gasteiger partial charge in [-0.05, 0) is 43.4 Å². The maximum absolute atomic E-state index is 11.4. The Balaban J connectivity index is 1.85. The van der Waals surface area contributed by atoms with Crippen molar-refractivity contribution in [1.29, 1.82) is 0 Å². The fourth-order valence-electron chi connectivity index (χ4n) is 4.68. The van der Waals surface area contributed by atoms with Crippen LogP contribution in [0.15, 0.2) is 0 Å². The van der Waals surface area contributed by atoms with Gasteiger partial charge in [0.25, 0.3) is 20.2 Å². The second-order valence-corrected chi connectivity index (χ2v) is 9.60. The third-order valence-corrected chi connectivity index (χ3v) is 6.16. The van der Waals surface area contributed by atoms with Crippen molar-refractivity contribution in [1.82, 2.24) is 0 Å². The summed E-state index contributed by atoms with van der Waals surface area (Å²) in [5.41, 5.74) is 0. The van der Waals surface area contributed by atoms with Crippen molar-refractivity contribution in [2.24, 2.45) is 23.7 Å². The maximum Gasteiger partial charge on any atom is 0.264 e. The molecular weight excluding hydrogens is 304 g/mol. The van der Waals surface area contributed by atoms with Crippen LogP contribution in [-0.4, -0.2) is 41.6 Å². The highest BCUT2D eigenvalue weighted by atomic mass is 32.2. The van der Waals surface area contributed by atoms with Gasteiger partial charge in [0, 0.05) is 5.92 Å². The average Bonchev–Trinajstić information content (AvgIpc) is 2.81. The Morgan fingerprint density at radius 3 is 1.50 bits per heavy atom. The molecule has 116 valence electrons. The first-order valence-electron chi connectivity index (χ1n) is 6.90. The van der Waals surface area contributed by atoms with E-state index in [0.717, 1.165) is 25.4 Å². The van der Waals surface area contributed by atoms with Crippen molar-refractivity contribution in [3.8, 4) is 0 Å². The zero-order valence-electron chi connectivity index (χ0n) is 11.6. The molecule has 3 rings (SSSR count). The van der Waals surface area contributed by atoms with E-state index >= 15 is 0 Å². The highest BCUT2D eigenvalue weighted by Gasteiger charge is 2.59. The number of hydrogen-bond donors (Lipinski definition) is 0. The van der Waals surface area contributed by atoms with E-state index in [2.05, 4.69) is 0 Å². The molecule has 0 N–H and O–H groups in total. The zero-order chi connectivity index (χ0) is 14.7. The van der Waals surface area contributed by atoms with Crippen LogP contribution < -0.4 is 0 Å². The van der Waals surface area contributed by atoms with Crippen LogP contribution in [0.1, 0.15) is 25.7 Å². The van der Waals surface area contributed by atoms with Crippen molar-refractivity contribution in [2.75, 3.05) is 12.5 Å². The van der Waals surface area contributed by atoms with Gasteiger partial charge in [0.15, 0.2) is 0 Å². The monoisotopic (exact) mass is 324 g/mol. The second-order valence-electron chi connectivity index (χ2n) is 6.40. The molecule has 0 aliphatic heterocycles. The molecule has 3 aliphatic rings. The van der Waals surface area contributed by atoms with Crippen LogP contribution in [0.25, 0.3) is 0 Å². The van der Waals surface area contributed by atoms with E-state index in [0.29, 0.717) is 30.6 Å². The lowest BCUT2D eigenvalue weighted by Gasteiger charge is -2.24. The van der Waals surface area contributed by atoms with Crippen molar-refractivity contribution in [2.45, 2.75) is 37.9 Å². The molecule has 3 fully saturated rings. The fourth-order valence-corrected chi connectivity index (χ4v) is 5.99. The molecule has 0 aromatic heterocycles. The molecule has 0 bridgehead atoms. The normalized spacial score (nSPS) is 43.9. The van der Waals surface area contributed by atoms with Crippen LogP contribution in [0, 0.1) is 23.7 Å². The van der Waals surface area contributed by atoms with Crippen molar-refractivity contribution >= 4 is 20.2 Å². The predicted molar refractivity (Wildman–Crippen MR) is 71.9 cm³/mol. The second kappa shape index (κ2) is 4.66. The van der Waals surface area contributed by atoms with Crippen molar-refractivity contribution in [3.63, 3.8) is 0 Å². The Labute approximate surface area is 120 Å². The first kappa shape index (κ1) is 14.7. The van der Waals surface area contributed by atoms with Gasteiger partial charge in [-0.15, -0.1) is 0 Å². The van der Waals surface area contributed by atoms with E-state index in [1.54, 1.807) is 0 Å². The third kappa shape index (κ3) is 2.75. The molecule has 0 aromatic carbocycles. The highest BCUT2D eigenvalue weighted by molar-refractivity contribution is 7.86. The van der Waals surface area contributed by atoms with Gasteiger partial charge in [-0.2, -0.15) is 16.8 Å². The summed E-state index contributed by atoms with van der Waals surface area (Å²) in [5, 5.41) is 0. The van der Waals surface area contributed by atoms with E-state index in [1.165, 1.54) is 0 Å². The Hall–Kier alpha value is -0.180. The van der Waals surface area contributed by atoms with Gasteiger partial charge in [0.1, 0.15) is 0 Å². The van der Waals surface area contributed by atoms with Crippen LogP contribution in [0.2, 0.25) is 0 Å². The van der Waals surface area contributed by atoms with Crippen LogP contribution in [0.3, 0.4) is 0 Å². The van der Waals surface area contributed by atoms with E-state index < -0.39 is 32.4 Å². The molecule has 20 heavy (non-hydrogen) atoms. The Kier molecular flexibility index (Phi) is 3.43. The Bertz CT molecular complexity index is 543. The molecule has 2 unspecified atom stereocenters. The lowest BCUT2D eigenvalue weighted by molar-refractivity contribution is 0.0771. The lowest BCUT2D eigenvalue weighted by atomic mass is 9.92. The molecule has 0 heterocycles. The van der Waals surface area contributed by atoms with Crippen LogP contribution >= 0.6 is 0 Å². The van der Waals surface area contributed by atoms with Crippen LogP contribution in [0.5, 0.6) is 0 Å². The molecule has 3 aliphatic carbocycles. The minimum Gasteiger partial charge on any atom is -0.267 e. The molecule has 0 aromatic rings. The maximum atomic E-state index is 11.4. The van der Waals surface area contributed by atoms with Gasteiger partial charge in [0.05, 0.1) is 24.7 Å². The fraction of sp³-hybridized carbons (Fsp3) is 1.00. The van der Waals surface area contributed by atoms with Gasteiger partial charge in [0.2, 0.25) is 0 Å². The minimum absolute atomic E-state index is 0.114. The van der Waals surface area contributed by atoms with Gasteiger partial charge >= 0.3 is 0 Å². The summed E-state index contributed by atoms with van der Waals surface area (Å²) in [6.07, 6.45) is 4.78. The molecular formula is C12H20O6S2. The summed E-state index contributed by atoms with van der Waals surface area (Å²) in [6.45, 7) is 0. The quantitative estimate of drug-likeness (QED) is 0.709. The summed E-state index contributed by atoms with van der Waals surface area (Å²) in [6, 6.07) is 0. The Morgan fingerprint density at radius 1 is 0.750 bits per heavy atom. The van der Waals surface area contributed by atoms with Gasteiger partial charge in [-0.25, -0.2) is 0 Å². The van der Waals surface area contributed by atoms with Crippen molar-refractivity contribution in [3.05, 3.63) is 0 Å². The summed E-state index contributed by atoms with van der Waals surface area (Å²) in [4.78, 5) is 0. The summed E-state index contributed by atoms with van der Waals surface area (Å²) in [5.74, 6) is 1.14. The largest absolute Gasteiger partial charge is 0.267 e. The first-order valence-corrected chi connectivity index (χ1v) is 10.5. The molecule has 0 saturated heterocycles. The Morgan fingerprint density at radius 2 is 1.15 bits per heavy atom. The molecule has 0 amide bonds. The van der Waals surface area contributed by atoms with Gasteiger partial charge < -0.3 is 0 Å². The standard InChI is InChI=1S/C12H20O6S2/c1-19(13,14)17-9-5-7-3-4-8-6-10(12(9)11(7)8)18-20(2,15)16/h7-12H,3-6H2,1-2H3/t7?,8?,9-,10-,11?,12?/m1/s1. The van der Waals surface area contributed by atoms with E-state index in [4.69, 9.17) is 8.37 Å². The summed E-state index contributed by atoms with van der Waals surface area (Å²) in [7, 11) is -7.07. The van der Waals surface area contributed by atoms with Crippen molar-refractivity contribution < 1.29 is 25.2 Å². The zero-order valence-corrected chi connectivity index (χ0v) is 13.2. The topological polar surface area (TPSA) is 86.7 Å². The highest BCUT2D eigenvalue weighted by Crippen LogP contribution is 2.60. The van der Waals surface area contributed by atoms with E-state index in [-0.39, 0.29) is 5.92 Å². The lowest BCUT2D eigenvalue weighted by Crippen LogP contribution is -2.33. The van der Waals surface area contributed by atoms with E-state index in [1.807, 2.05) is 0 Å².